The van der Waals surface area contributed by atoms with E-state index >= 15 is 0 Å². The summed E-state index contributed by atoms with van der Waals surface area (Å²) in [6.45, 7) is 0.274. The van der Waals surface area contributed by atoms with E-state index in [-0.39, 0.29) is 12.4 Å². The second-order valence-electron chi connectivity index (χ2n) is 3.84. The zero-order valence-corrected chi connectivity index (χ0v) is 10.1. The molecule has 0 bridgehead atoms. The first-order chi connectivity index (χ1) is 9.29. The molecule has 2 aromatic carbocycles. The summed E-state index contributed by atoms with van der Waals surface area (Å²) in [6, 6.07) is 15.4. The van der Waals surface area contributed by atoms with E-state index in [0.717, 1.165) is 5.56 Å². The molecular formula is C15H11FN2O. The maximum absolute atomic E-state index is 13.2. The second-order valence-corrected chi connectivity index (χ2v) is 3.84. The summed E-state index contributed by atoms with van der Waals surface area (Å²) in [5.41, 5.74) is 1.87. The summed E-state index contributed by atoms with van der Waals surface area (Å²) in [5, 5.41) is 12.4. The molecule has 0 saturated carbocycles. The van der Waals surface area contributed by atoms with Crippen LogP contribution in [-0.4, -0.2) is 6.21 Å². The van der Waals surface area contributed by atoms with Gasteiger partial charge in [0.15, 0.2) is 0 Å². The second kappa shape index (κ2) is 6.31. The number of hydrogen-bond donors (Lipinski definition) is 0. The summed E-state index contributed by atoms with van der Waals surface area (Å²) < 4.78 is 13.2. The van der Waals surface area contributed by atoms with E-state index in [2.05, 4.69) is 5.16 Å². The van der Waals surface area contributed by atoms with Gasteiger partial charge in [0.25, 0.3) is 0 Å². The molecule has 4 heteroatoms. The van der Waals surface area contributed by atoms with Crippen molar-refractivity contribution >= 4 is 6.21 Å². The van der Waals surface area contributed by atoms with Crippen molar-refractivity contribution in [2.45, 2.75) is 6.61 Å². The Balaban J connectivity index is 1.90. The van der Waals surface area contributed by atoms with Crippen LogP contribution in [0.25, 0.3) is 0 Å². The molecule has 0 unspecified atom stereocenters. The highest BCUT2D eigenvalue weighted by molar-refractivity contribution is 5.79. The van der Waals surface area contributed by atoms with Crippen LogP contribution in [0, 0.1) is 17.1 Å². The van der Waals surface area contributed by atoms with Gasteiger partial charge in [-0.05, 0) is 23.8 Å². The Labute approximate surface area is 110 Å². The third-order valence-corrected chi connectivity index (χ3v) is 2.49. The Kier molecular flexibility index (Phi) is 4.25. The Morgan fingerprint density at radius 2 is 1.89 bits per heavy atom. The van der Waals surface area contributed by atoms with Gasteiger partial charge in [0.2, 0.25) is 0 Å². The van der Waals surface area contributed by atoms with Gasteiger partial charge < -0.3 is 4.84 Å². The Hall–Kier alpha value is -2.67. The largest absolute Gasteiger partial charge is 0.391 e. The molecular weight excluding hydrogens is 243 g/mol. The smallest absolute Gasteiger partial charge is 0.142 e. The molecule has 0 N–H and O–H groups in total. The van der Waals surface area contributed by atoms with Crippen LogP contribution in [-0.2, 0) is 11.4 Å². The monoisotopic (exact) mass is 254 g/mol. The zero-order chi connectivity index (χ0) is 13.5. The van der Waals surface area contributed by atoms with Crippen LogP contribution in [0.15, 0.2) is 53.7 Å². The SMILES string of the molecule is N#Cc1ccc(CON=Cc2ccccc2F)cc1. The van der Waals surface area contributed by atoms with Crippen molar-refractivity contribution in [2.75, 3.05) is 0 Å². The average Bonchev–Trinajstić information content (AvgIpc) is 2.46. The number of rotatable bonds is 4. The van der Waals surface area contributed by atoms with Crippen molar-refractivity contribution in [1.29, 1.82) is 5.26 Å². The lowest BCUT2D eigenvalue weighted by Crippen LogP contribution is -1.90. The van der Waals surface area contributed by atoms with Crippen LogP contribution in [0.3, 0.4) is 0 Å². The molecule has 2 aromatic rings. The summed E-state index contributed by atoms with van der Waals surface area (Å²) in [4.78, 5) is 5.07. The van der Waals surface area contributed by atoms with E-state index in [1.807, 2.05) is 6.07 Å². The van der Waals surface area contributed by atoms with Crippen LogP contribution in [0.2, 0.25) is 0 Å². The highest BCUT2D eigenvalue weighted by atomic mass is 19.1. The predicted octanol–water partition coefficient (Wildman–Crippen LogP) is 3.25. The van der Waals surface area contributed by atoms with Crippen LogP contribution >= 0.6 is 0 Å². The van der Waals surface area contributed by atoms with Crippen LogP contribution in [0.4, 0.5) is 4.39 Å². The molecule has 0 fully saturated rings. The van der Waals surface area contributed by atoms with Crippen molar-refractivity contribution in [2.24, 2.45) is 5.16 Å². The number of benzene rings is 2. The normalized spacial score (nSPS) is 10.3. The molecule has 0 aliphatic heterocycles. The van der Waals surface area contributed by atoms with Gasteiger partial charge in [0.05, 0.1) is 17.8 Å². The Morgan fingerprint density at radius 1 is 1.16 bits per heavy atom. The molecule has 2 rings (SSSR count). The minimum absolute atomic E-state index is 0.274. The molecule has 0 radical (unpaired) electrons. The topological polar surface area (TPSA) is 45.4 Å². The van der Waals surface area contributed by atoms with Gasteiger partial charge >= 0.3 is 0 Å². The van der Waals surface area contributed by atoms with Crippen molar-refractivity contribution in [3.8, 4) is 6.07 Å². The van der Waals surface area contributed by atoms with Gasteiger partial charge in [-0.1, -0.05) is 35.5 Å². The van der Waals surface area contributed by atoms with E-state index in [1.165, 1.54) is 12.3 Å². The van der Waals surface area contributed by atoms with E-state index in [1.54, 1.807) is 42.5 Å². The van der Waals surface area contributed by atoms with E-state index in [4.69, 9.17) is 10.1 Å². The number of nitrogens with zero attached hydrogens (tertiary/aromatic N) is 2. The zero-order valence-electron chi connectivity index (χ0n) is 10.1. The molecule has 94 valence electrons. The number of nitriles is 1. The van der Waals surface area contributed by atoms with Crippen LogP contribution in [0.5, 0.6) is 0 Å². The van der Waals surface area contributed by atoms with Gasteiger partial charge in [0, 0.05) is 5.56 Å². The first-order valence-electron chi connectivity index (χ1n) is 5.68. The fourth-order valence-corrected chi connectivity index (χ4v) is 1.46. The van der Waals surface area contributed by atoms with Gasteiger partial charge in [-0.25, -0.2) is 4.39 Å². The summed E-state index contributed by atoms with van der Waals surface area (Å²) in [6.07, 6.45) is 1.33. The summed E-state index contributed by atoms with van der Waals surface area (Å²) in [5.74, 6) is -0.340. The van der Waals surface area contributed by atoms with Crippen molar-refractivity contribution in [1.82, 2.24) is 0 Å². The molecule has 0 amide bonds. The highest BCUT2D eigenvalue weighted by Gasteiger charge is 1.96. The lowest BCUT2D eigenvalue weighted by Gasteiger charge is -2.00. The fraction of sp³-hybridized carbons (Fsp3) is 0.0667. The summed E-state index contributed by atoms with van der Waals surface area (Å²) >= 11 is 0. The van der Waals surface area contributed by atoms with Crippen LogP contribution < -0.4 is 0 Å². The van der Waals surface area contributed by atoms with Gasteiger partial charge in [0.1, 0.15) is 12.4 Å². The Morgan fingerprint density at radius 3 is 2.58 bits per heavy atom. The maximum atomic E-state index is 13.2. The highest BCUT2D eigenvalue weighted by Crippen LogP contribution is 2.06. The summed E-state index contributed by atoms with van der Waals surface area (Å²) in [7, 11) is 0. The lowest BCUT2D eigenvalue weighted by atomic mass is 10.2. The minimum Gasteiger partial charge on any atom is -0.391 e. The third kappa shape index (κ3) is 3.65. The lowest BCUT2D eigenvalue weighted by molar-refractivity contribution is 0.132. The average molecular weight is 254 g/mol. The molecule has 0 aliphatic carbocycles. The van der Waals surface area contributed by atoms with Gasteiger partial charge in [-0.3, -0.25) is 0 Å². The predicted molar refractivity (Wildman–Crippen MR) is 69.9 cm³/mol. The standard InChI is InChI=1S/C15H11FN2O/c16-15-4-2-1-3-14(15)10-18-19-11-13-7-5-12(9-17)6-8-13/h1-8,10H,11H2. The van der Waals surface area contributed by atoms with Crippen molar-refractivity contribution in [3.05, 3.63) is 71.0 Å². The van der Waals surface area contributed by atoms with Crippen molar-refractivity contribution in [3.63, 3.8) is 0 Å². The molecule has 0 saturated heterocycles. The first kappa shape index (κ1) is 12.8. The van der Waals surface area contributed by atoms with E-state index in [0.29, 0.717) is 11.1 Å². The number of hydrogen-bond acceptors (Lipinski definition) is 3. The fourth-order valence-electron chi connectivity index (χ4n) is 1.46. The molecule has 0 spiro atoms. The number of oxime groups is 1. The minimum atomic E-state index is -0.340. The molecule has 3 nitrogen and oxygen atoms in total. The molecule has 19 heavy (non-hydrogen) atoms. The molecule has 0 heterocycles. The first-order valence-corrected chi connectivity index (χ1v) is 5.68. The van der Waals surface area contributed by atoms with Crippen LogP contribution in [0.1, 0.15) is 16.7 Å². The molecule has 0 aliphatic rings. The van der Waals surface area contributed by atoms with Gasteiger partial charge in [-0.15, -0.1) is 0 Å². The molecule has 0 atom stereocenters. The van der Waals surface area contributed by atoms with Crippen molar-refractivity contribution < 1.29 is 9.23 Å². The van der Waals surface area contributed by atoms with E-state index < -0.39 is 0 Å². The Bertz CT molecular complexity index is 615. The number of halogens is 1. The molecule has 0 aromatic heterocycles. The van der Waals surface area contributed by atoms with Gasteiger partial charge in [-0.2, -0.15) is 5.26 Å². The maximum Gasteiger partial charge on any atom is 0.142 e. The third-order valence-electron chi connectivity index (χ3n) is 2.49. The van der Waals surface area contributed by atoms with E-state index in [9.17, 15) is 4.39 Å². The quantitative estimate of drug-likeness (QED) is 0.621.